The summed E-state index contributed by atoms with van der Waals surface area (Å²) in [5.74, 6) is 0. The van der Waals surface area contributed by atoms with E-state index in [-0.39, 0.29) is 0 Å². The van der Waals surface area contributed by atoms with Crippen molar-refractivity contribution in [2.45, 2.75) is 13.3 Å². The van der Waals surface area contributed by atoms with Crippen molar-refractivity contribution in [1.29, 1.82) is 0 Å². The van der Waals surface area contributed by atoms with E-state index in [2.05, 4.69) is 40.3 Å². The number of hydrogen-bond donors (Lipinski definition) is 1. The molecule has 0 bridgehead atoms. The van der Waals surface area contributed by atoms with Crippen molar-refractivity contribution in [3.63, 3.8) is 0 Å². The minimum Gasteiger partial charge on any atom is -0.360 e. The van der Waals surface area contributed by atoms with E-state index < -0.39 is 0 Å². The molecule has 2 aromatic rings. The highest BCUT2D eigenvalue weighted by atomic mass is 32.1. The van der Waals surface area contributed by atoms with Crippen molar-refractivity contribution in [2.75, 3.05) is 18.0 Å². The molecule has 1 aliphatic rings. The van der Waals surface area contributed by atoms with Crippen LogP contribution in [-0.2, 0) is 6.42 Å². The molecule has 1 aromatic heterocycles. The molecule has 0 spiro atoms. The Balaban J connectivity index is 2.04. The largest absolute Gasteiger partial charge is 0.360 e. The molecule has 0 radical (unpaired) electrons. The Morgan fingerprint density at radius 2 is 2.41 bits per heavy atom. The molecular weight excluding hydrogens is 250 g/mol. The minimum atomic E-state index is 0.791. The fourth-order valence-corrected chi connectivity index (χ4v) is 3.35. The second-order valence-corrected chi connectivity index (χ2v) is 5.43. The van der Waals surface area contributed by atoms with Gasteiger partial charge in [-0.25, -0.2) is 4.98 Å². The summed E-state index contributed by atoms with van der Waals surface area (Å²) >= 11 is 6.97. The van der Waals surface area contributed by atoms with E-state index in [0.717, 1.165) is 35.3 Å². The van der Waals surface area contributed by atoms with Crippen molar-refractivity contribution in [1.82, 2.24) is 10.3 Å². The summed E-state index contributed by atoms with van der Waals surface area (Å²) in [5.41, 5.74) is 2.42. The molecule has 1 aromatic carbocycles. The fourth-order valence-electron chi connectivity index (χ4n) is 1.95. The Labute approximate surface area is 109 Å². The van der Waals surface area contributed by atoms with Crippen LogP contribution < -0.4 is 10.2 Å². The minimum absolute atomic E-state index is 0.791. The summed E-state index contributed by atoms with van der Waals surface area (Å²) < 4.78 is 1.24. The lowest BCUT2D eigenvalue weighted by Crippen LogP contribution is -2.27. The van der Waals surface area contributed by atoms with Crippen LogP contribution >= 0.6 is 23.6 Å². The molecular formula is C12H13N3S2. The van der Waals surface area contributed by atoms with E-state index in [4.69, 9.17) is 12.2 Å². The van der Waals surface area contributed by atoms with Crippen molar-refractivity contribution in [3.8, 4) is 0 Å². The maximum Gasteiger partial charge on any atom is 0.192 e. The van der Waals surface area contributed by atoms with Gasteiger partial charge in [-0.3, -0.25) is 4.90 Å². The molecule has 0 atom stereocenters. The van der Waals surface area contributed by atoms with Gasteiger partial charge in [0.25, 0.3) is 0 Å². The van der Waals surface area contributed by atoms with Crippen LogP contribution in [-0.4, -0.2) is 23.2 Å². The number of benzene rings is 1. The number of nitrogens with zero attached hydrogens (tertiary/aromatic N) is 2. The number of thiocarbonyl (C=S) groups is 1. The molecule has 1 fully saturated rings. The summed E-state index contributed by atoms with van der Waals surface area (Å²) in [7, 11) is 0. The fraction of sp³-hybridized carbons (Fsp3) is 0.333. The zero-order valence-electron chi connectivity index (χ0n) is 9.56. The molecule has 0 aliphatic carbocycles. The number of rotatable bonds is 2. The lowest BCUT2D eigenvalue weighted by Gasteiger charge is -2.11. The molecule has 88 valence electrons. The molecule has 2 heterocycles. The van der Waals surface area contributed by atoms with Crippen molar-refractivity contribution in [2.24, 2.45) is 0 Å². The Morgan fingerprint density at radius 1 is 1.53 bits per heavy atom. The van der Waals surface area contributed by atoms with Gasteiger partial charge in [0, 0.05) is 13.1 Å². The highest BCUT2D eigenvalue weighted by Gasteiger charge is 2.20. The first-order chi connectivity index (χ1) is 8.28. The van der Waals surface area contributed by atoms with Gasteiger partial charge in [0.2, 0.25) is 0 Å². The highest BCUT2D eigenvalue weighted by Crippen LogP contribution is 2.30. The summed E-state index contributed by atoms with van der Waals surface area (Å²) in [4.78, 5) is 6.71. The van der Waals surface area contributed by atoms with E-state index in [1.54, 1.807) is 11.3 Å². The van der Waals surface area contributed by atoms with Crippen molar-refractivity contribution >= 4 is 44.0 Å². The monoisotopic (exact) mass is 263 g/mol. The van der Waals surface area contributed by atoms with Gasteiger partial charge in [-0.1, -0.05) is 24.3 Å². The molecule has 0 amide bonds. The molecule has 17 heavy (non-hydrogen) atoms. The SMILES string of the molecule is CCc1ccc2nc(N3CCNC3=S)sc2c1. The smallest absolute Gasteiger partial charge is 0.192 e. The molecule has 1 aliphatic heterocycles. The van der Waals surface area contributed by atoms with E-state index in [1.165, 1.54) is 10.3 Å². The van der Waals surface area contributed by atoms with Crippen LogP contribution in [0.1, 0.15) is 12.5 Å². The number of nitrogens with one attached hydrogen (secondary N) is 1. The number of hydrogen-bond acceptors (Lipinski definition) is 3. The Morgan fingerprint density at radius 3 is 3.12 bits per heavy atom. The second kappa shape index (κ2) is 4.23. The Kier molecular flexibility index (Phi) is 2.72. The lowest BCUT2D eigenvalue weighted by atomic mass is 10.2. The first-order valence-corrected chi connectivity index (χ1v) is 6.95. The summed E-state index contributed by atoms with van der Waals surface area (Å²) in [6.07, 6.45) is 1.06. The topological polar surface area (TPSA) is 28.2 Å². The van der Waals surface area contributed by atoms with Crippen molar-refractivity contribution in [3.05, 3.63) is 23.8 Å². The van der Waals surface area contributed by atoms with E-state index in [0.29, 0.717) is 0 Å². The Hall–Kier alpha value is -1.20. The average molecular weight is 263 g/mol. The normalized spacial score (nSPS) is 15.6. The van der Waals surface area contributed by atoms with Crippen LogP contribution in [0.15, 0.2) is 18.2 Å². The Bertz CT molecular complexity index is 576. The lowest BCUT2D eigenvalue weighted by molar-refractivity contribution is 0.973. The van der Waals surface area contributed by atoms with Gasteiger partial charge in [0.1, 0.15) is 0 Å². The zero-order valence-corrected chi connectivity index (χ0v) is 11.2. The zero-order chi connectivity index (χ0) is 11.8. The third-order valence-corrected chi connectivity index (χ3v) is 4.34. The van der Waals surface area contributed by atoms with Gasteiger partial charge in [-0.15, -0.1) is 0 Å². The average Bonchev–Trinajstić information content (AvgIpc) is 2.93. The van der Waals surface area contributed by atoms with Gasteiger partial charge >= 0.3 is 0 Å². The van der Waals surface area contributed by atoms with Crippen LogP contribution in [0.2, 0.25) is 0 Å². The number of thiazole rings is 1. The third-order valence-electron chi connectivity index (χ3n) is 2.94. The molecule has 3 rings (SSSR count). The summed E-state index contributed by atoms with van der Waals surface area (Å²) in [6, 6.07) is 6.47. The molecule has 1 N–H and O–H groups in total. The van der Waals surface area contributed by atoms with Crippen molar-refractivity contribution < 1.29 is 0 Å². The van der Waals surface area contributed by atoms with Crippen LogP contribution in [0.3, 0.4) is 0 Å². The quantitative estimate of drug-likeness (QED) is 0.843. The van der Waals surface area contributed by atoms with Gasteiger partial charge < -0.3 is 5.32 Å². The molecule has 0 unspecified atom stereocenters. The summed E-state index contributed by atoms with van der Waals surface area (Å²) in [5, 5.41) is 4.95. The second-order valence-electron chi connectivity index (χ2n) is 4.04. The number of aryl methyl sites for hydroxylation is 1. The number of fused-ring (bicyclic) bond motifs is 1. The standard InChI is InChI=1S/C12H13N3S2/c1-2-8-3-4-9-10(7-8)17-12(14-9)15-6-5-13-11(15)16/h3-4,7H,2,5-6H2,1H3,(H,13,16). The first kappa shape index (κ1) is 10.9. The number of aromatic nitrogens is 1. The van der Waals surface area contributed by atoms with Gasteiger partial charge in [0.05, 0.1) is 10.2 Å². The van der Waals surface area contributed by atoms with Crippen LogP contribution in [0, 0.1) is 0 Å². The van der Waals surface area contributed by atoms with Crippen LogP contribution in [0.25, 0.3) is 10.2 Å². The maximum atomic E-state index is 5.26. The highest BCUT2D eigenvalue weighted by molar-refractivity contribution is 7.80. The van der Waals surface area contributed by atoms with E-state index in [1.807, 2.05) is 0 Å². The van der Waals surface area contributed by atoms with E-state index in [9.17, 15) is 0 Å². The van der Waals surface area contributed by atoms with Gasteiger partial charge in [-0.05, 0) is 36.3 Å². The first-order valence-electron chi connectivity index (χ1n) is 5.73. The van der Waals surface area contributed by atoms with Gasteiger partial charge in [-0.2, -0.15) is 0 Å². The summed E-state index contributed by atoms with van der Waals surface area (Å²) in [6.45, 7) is 4.00. The number of anilines is 1. The van der Waals surface area contributed by atoms with Crippen LogP contribution in [0.5, 0.6) is 0 Å². The van der Waals surface area contributed by atoms with Crippen LogP contribution in [0.4, 0.5) is 5.13 Å². The molecule has 5 heteroatoms. The maximum absolute atomic E-state index is 5.26. The van der Waals surface area contributed by atoms with E-state index >= 15 is 0 Å². The molecule has 0 saturated carbocycles. The predicted molar refractivity (Wildman–Crippen MR) is 76.9 cm³/mol. The predicted octanol–water partition coefficient (Wildman–Crippen LogP) is 2.55. The molecule has 1 saturated heterocycles. The van der Waals surface area contributed by atoms with Gasteiger partial charge in [0.15, 0.2) is 10.2 Å². The molecule has 3 nitrogen and oxygen atoms in total. The third kappa shape index (κ3) is 1.89.